The first-order valence-corrected chi connectivity index (χ1v) is 50.1. The normalized spacial score (nSPS) is 18.9. The molecule has 23 heteroatoms. The maximum absolute atomic E-state index is 13.5. The molecule has 0 bridgehead atoms. The van der Waals surface area contributed by atoms with Crippen LogP contribution >= 0.6 is 0 Å². The van der Waals surface area contributed by atoms with E-state index in [4.69, 9.17) is 5.53 Å². The van der Waals surface area contributed by atoms with Gasteiger partial charge in [0.25, 0.3) is 0 Å². The lowest BCUT2D eigenvalue weighted by atomic mass is 9.99. The molecule has 20 rings (SSSR count). The molecule has 0 spiro atoms. The molecule has 4 aromatic heterocycles. The number of aromatic amines is 4. The van der Waals surface area contributed by atoms with Gasteiger partial charge in [0.15, 0.2) is 0 Å². The Balaban J connectivity index is 0.000000123. The summed E-state index contributed by atoms with van der Waals surface area (Å²) in [6.07, 6.45) is 12.2. The molecule has 132 heavy (non-hydrogen) atoms. The molecule has 700 valence electrons. The number of likely N-dealkylation sites (tertiary alicyclic amines) is 1. The first-order chi connectivity index (χ1) is 64.5. The fourth-order valence-corrected chi connectivity index (χ4v) is 21.2. The number of azide groups is 1. The average molecular weight is 1780 g/mol. The van der Waals surface area contributed by atoms with Gasteiger partial charge in [-0.15, -0.1) is 0 Å². The Morgan fingerprint density at radius 2 is 0.697 bits per heavy atom. The molecule has 8 aliphatic heterocycles. The number of nitrogens with zero attached hydrogens (tertiary/aromatic N) is 14. The van der Waals surface area contributed by atoms with Crippen molar-refractivity contribution in [2.24, 2.45) is 5.11 Å². The Morgan fingerprint density at radius 3 is 1.09 bits per heavy atom. The number of hydrogen-bond acceptors (Lipinski definition) is 16. The summed E-state index contributed by atoms with van der Waals surface area (Å²) < 4.78 is 13.5. The molecule has 8 N–H and O–H groups in total. The number of hydrogen-bond donors (Lipinski definition) is 8. The summed E-state index contributed by atoms with van der Waals surface area (Å²) in [7, 11) is 2.22. The lowest BCUT2D eigenvalue weighted by Crippen LogP contribution is -2.51. The van der Waals surface area contributed by atoms with Crippen molar-refractivity contribution in [2.45, 2.75) is 148 Å². The summed E-state index contributed by atoms with van der Waals surface area (Å²) in [5.74, 6) is -0.196. The molecule has 0 radical (unpaired) electrons. The molecule has 0 unspecified atom stereocenters. The van der Waals surface area contributed by atoms with Crippen molar-refractivity contribution in [1.82, 2.24) is 75.5 Å². The smallest absolute Gasteiger partial charge is 0.123 e. The summed E-state index contributed by atoms with van der Waals surface area (Å²) in [5.41, 5.74) is 29.7. The van der Waals surface area contributed by atoms with E-state index in [0.29, 0.717) is 48.0 Å². The van der Waals surface area contributed by atoms with Gasteiger partial charge in [-0.3, -0.25) is 24.5 Å². The van der Waals surface area contributed by atoms with Gasteiger partial charge in [0.2, 0.25) is 0 Å². The molecule has 22 nitrogen and oxygen atoms in total. The predicted molar refractivity (Wildman–Crippen MR) is 552 cm³/mol. The van der Waals surface area contributed by atoms with Crippen LogP contribution in [-0.2, 0) is 0 Å². The van der Waals surface area contributed by atoms with Crippen LogP contribution < -0.4 is 40.9 Å². The standard InChI is InChI=1S/C29H41N5.C28H38N8.C27H37N5.C25H31FN4/c1-22(2)33-17-15-32(16-18-33)14-11-30-26-9-12-34(13-10-26)27-6-4-5-24(20-27)29-21-25-19-23(3)7-8-28(25)31-29;1-21(2)35-16-14-34(15-17-35)13-10-30-24-8-11-36(12-9-24)26-5-3-4-22(19-26)28-20-23-18-25(32-33-29)6-7-27(23)31-28;1-2-30-16-18-31(19-17-30)15-12-28-24-10-13-32(14-11-24)25-8-5-7-22(20-25)27-21-23-6-3-4-9-26(23)29-27;1-29-11-7-21(8-12-29)27-22-9-13-30(14-10-22)23-4-2-3-18(16-23)25-17-19-15-20(26)5-6-24(19)28-25/h4-8,19-22,26,30-31H,9-18H2,1-3H3;3-7,18-21,24,30-31H,8-17H2,1-2H3;3-9,20-21,24,28-29H,2,10-19H2,1H3;2-6,15-17,21-22,27-28H,7-14H2,1H3. The van der Waals surface area contributed by atoms with Crippen molar-refractivity contribution in [1.29, 1.82) is 0 Å². The van der Waals surface area contributed by atoms with Gasteiger partial charge in [0.05, 0.1) is 0 Å². The van der Waals surface area contributed by atoms with Gasteiger partial charge in [-0.1, -0.05) is 96.5 Å². The number of halogens is 1. The van der Waals surface area contributed by atoms with Gasteiger partial charge < -0.3 is 70.6 Å². The zero-order valence-electron chi connectivity index (χ0n) is 79.8. The third-order valence-corrected chi connectivity index (χ3v) is 29.7. The van der Waals surface area contributed by atoms with Crippen LogP contribution in [0.15, 0.2) is 205 Å². The van der Waals surface area contributed by atoms with Crippen LogP contribution in [0.1, 0.15) is 104 Å². The number of aryl methyl sites for hydroxylation is 1. The Bertz CT molecular complexity index is 5610. The third kappa shape index (κ3) is 25.3. The zero-order valence-corrected chi connectivity index (χ0v) is 79.8. The molecular weight excluding hydrogens is 1640 g/mol. The first kappa shape index (κ1) is 93.7. The summed E-state index contributed by atoms with van der Waals surface area (Å²) in [6, 6.07) is 74.5. The highest BCUT2D eigenvalue weighted by Gasteiger charge is 2.29. The van der Waals surface area contributed by atoms with Gasteiger partial charge in [-0.2, -0.15) is 0 Å². The summed E-state index contributed by atoms with van der Waals surface area (Å²) >= 11 is 0. The van der Waals surface area contributed by atoms with E-state index in [-0.39, 0.29) is 5.82 Å². The number of benzene rings is 8. The Labute approximate surface area is 784 Å². The van der Waals surface area contributed by atoms with Crippen LogP contribution in [0.2, 0.25) is 0 Å². The highest BCUT2D eigenvalue weighted by molar-refractivity contribution is 5.90. The zero-order chi connectivity index (χ0) is 90.7. The van der Waals surface area contributed by atoms with E-state index in [1.807, 2.05) is 24.3 Å². The second kappa shape index (κ2) is 45.8. The minimum Gasteiger partial charge on any atom is -0.371 e. The second-order valence-corrected chi connectivity index (χ2v) is 39.2. The summed E-state index contributed by atoms with van der Waals surface area (Å²) in [6.45, 7) is 47.5. The van der Waals surface area contributed by atoms with E-state index in [2.05, 4.69) is 311 Å². The maximum atomic E-state index is 13.5. The van der Waals surface area contributed by atoms with E-state index in [1.165, 1.54) is 260 Å². The monoisotopic (exact) mass is 1780 g/mol. The third-order valence-electron chi connectivity index (χ3n) is 29.7. The molecule has 12 aromatic rings. The van der Waals surface area contributed by atoms with Crippen LogP contribution in [0, 0.1) is 12.7 Å². The van der Waals surface area contributed by atoms with Crippen LogP contribution in [0.3, 0.4) is 0 Å². The largest absolute Gasteiger partial charge is 0.371 e. The van der Waals surface area contributed by atoms with Gasteiger partial charge in [-0.25, -0.2) is 4.39 Å². The molecule has 0 aliphatic carbocycles. The number of piperazine rings is 3. The van der Waals surface area contributed by atoms with Crippen molar-refractivity contribution < 1.29 is 4.39 Å². The molecule has 8 aliphatic rings. The van der Waals surface area contributed by atoms with E-state index >= 15 is 0 Å². The van der Waals surface area contributed by atoms with Gasteiger partial charge in [-0.05, 0) is 275 Å². The van der Waals surface area contributed by atoms with Crippen LogP contribution in [0.5, 0.6) is 0 Å². The number of piperidine rings is 5. The lowest BCUT2D eigenvalue weighted by molar-refractivity contribution is 0.108. The molecule has 12 heterocycles. The second-order valence-electron chi connectivity index (χ2n) is 39.2. The minimum absolute atomic E-state index is 0.196. The molecule has 0 atom stereocenters. The number of H-pyrrole nitrogens is 4. The van der Waals surface area contributed by atoms with Crippen molar-refractivity contribution in [3.63, 3.8) is 0 Å². The van der Waals surface area contributed by atoms with Crippen LogP contribution in [-0.4, -0.2) is 293 Å². The van der Waals surface area contributed by atoms with E-state index < -0.39 is 0 Å². The maximum Gasteiger partial charge on any atom is 0.123 e. The fraction of sp³-hybridized carbons (Fsp3) is 0.486. The van der Waals surface area contributed by atoms with Crippen molar-refractivity contribution >= 4 is 72.0 Å². The number of rotatable bonds is 26. The minimum atomic E-state index is -0.196. The topological polar surface area (TPSA) is 196 Å². The van der Waals surface area contributed by atoms with Crippen molar-refractivity contribution in [3.8, 4) is 45.0 Å². The quantitative estimate of drug-likeness (QED) is 0.0145. The highest BCUT2D eigenvalue weighted by atomic mass is 19.1. The van der Waals surface area contributed by atoms with Gasteiger partial charge in [0.1, 0.15) is 5.82 Å². The number of likely N-dealkylation sites (N-methyl/N-ethyl adjacent to an activating group) is 1. The molecule has 8 aromatic carbocycles. The number of para-hydroxylation sites is 1. The summed E-state index contributed by atoms with van der Waals surface area (Å²) in [4.78, 5) is 45.1. The Kier molecular flexibility index (Phi) is 32.5. The van der Waals surface area contributed by atoms with Gasteiger partial charge in [0, 0.05) is 312 Å². The van der Waals surface area contributed by atoms with E-state index in [0.717, 1.165) is 117 Å². The molecule has 8 fully saturated rings. The summed E-state index contributed by atoms with van der Waals surface area (Å²) in [5, 5.41) is 23.7. The highest BCUT2D eigenvalue weighted by Crippen LogP contribution is 2.36. The number of aromatic nitrogens is 4. The number of anilines is 4. The molecule has 0 amide bonds. The van der Waals surface area contributed by atoms with Gasteiger partial charge >= 0.3 is 0 Å². The number of fused-ring (bicyclic) bond motifs is 4. The van der Waals surface area contributed by atoms with Crippen molar-refractivity contribution in [2.75, 3.05) is 216 Å². The Morgan fingerprint density at radius 1 is 0.356 bits per heavy atom. The fourth-order valence-electron chi connectivity index (χ4n) is 21.2. The molecular formula is C109H147FN22. The van der Waals surface area contributed by atoms with Crippen LogP contribution in [0.4, 0.5) is 32.8 Å². The lowest BCUT2D eigenvalue weighted by Gasteiger charge is -2.38. The van der Waals surface area contributed by atoms with E-state index in [9.17, 15) is 4.39 Å². The van der Waals surface area contributed by atoms with Crippen LogP contribution in [0.25, 0.3) is 99.1 Å². The SMILES string of the molecule is CC(C)N1CCN(CCNC2CCN(c3cccc(-c4cc5cc(N=[N+]=[N-])ccc5[nH]4)c3)CC2)CC1.CCN1CCN(CCNC2CCN(c3cccc(-c4cc5ccccc5[nH]4)c3)CC2)CC1.CN1CCC(NC2CCN(c3cccc(-c4cc5cc(F)ccc5[nH]4)c3)CC2)CC1.Cc1ccc2[nH]c(-c3cccc(N4CCC(NCCN5CCN(C(C)C)CC5)CC4)c3)cc2c1. The Hall–Kier alpha value is -10.1. The average Bonchev–Trinajstić information content (AvgIpc) is 1.64. The predicted octanol–water partition coefficient (Wildman–Crippen LogP) is 18.7. The first-order valence-electron chi connectivity index (χ1n) is 50.1. The molecule has 8 saturated heterocycles. The van der Waals surface area contributed by atoms with Crippen molar-refractivity contribution in [3.05, 3.63) is 222 Å². The van der Waals surface area contributed by atoms with E-state index in [1.54, 1.807) is 12.1 Å². The molecule has 0 saturated carbocycles. The number of nitrogens with one attached hydrogen (secondary N) is 8.